The Morgan fingerprint density at radius 2 is 2.00 bits per heavy atom. The maximum absolute atomic E-state index is 14.2. The van der Waals surface area contributed by atoms with E-state index in [9.17, 15) is 28.7 Å². The smallest absolute Gasteiger partial charge is 0.344 e. The molecule has 0 amide bonds. The molecule has 0 spiro atoms. The van der Waals surface area contributed by atoms with Gasteiger partial charge in [-0.05, 0) is 31.0 Å². The van der Waals surface area contributed by atoms with Crippen molar-refractivity contribution in [3.8, 4) is 11.6 Å². The number of halogens is 2. The van der Waals surface area contributed by atoms with E-state index in [4.69, 9.17) is 21.1 Å². The van der Waals surface area contributed by atoms with Gasteiger partial charge in [-0.2, -0.15) is 8.96 Å². The number of carbonyl (C=O) groups is 2. The Morgan fingerprint density at radius 1 is 1.24 bits per heavy atom. The molecule has 1 fully saturated rings. The zero-order valence-corrected chi connectivity index (χ0v) is 17.5. The Balaban J connectivity index is 1.67. The summed E-state index contributed by atoms with van der Waals surface area (Å²) in [5, 5.41) is 9.55. The molecule has 0 bridgehead atoms. The minimum absolute atomic E-state index is 0.0448. The van der Waals surface area contributed by atoms with Crippen LogP contribution >= 0.6 is 11.6 Å². The largest absolute Gasteiger partial charge is 0.506 e. The number of benzene rings is 1. The maximum Gasteiger partial charge on any atom is 0.344 e. The van der Waals surface area contributed by atoms with Crippen LogP contribution in [0.1, 0.15) is 39.8 Å². The van der Waals surface area contributed by atoms with E-state index in [1.807, 2.05) is 0 Å². The van der Waals surface area contributed by atoms with Gasteiger partial charge in [-0.1, -0.05) is 17.7 Å². The molecule has 10 nitrogen and oxygen atoms in total. The van der Waals surface area contributed by atoms with E-state index in [1.165, 1.54) is 18.2 Å². The number of hydrogen-bond acceptors (Lipinski definition) is 8. The molecule has 0 radical (unpaired) electrons. The highest BCUT2D eigenvalue weighted by atomic mass is 35.5. The van der Waals surface area contributed by atoms with Gasteiger partial charge >= 0.3 is 11.7 Å². The average molecular weight is 476 g/mol. The summed E-state index contributed by atoms with van der Waals surface area (Å²) in [4.78, 5) is 54.2. The molecular weight excluding hydrogens is 461 g/mol. The third-order valence-electron chi connectivity index (χ3n) is 4.84. The zero-order chi connectivity index (χ0) is 23.7. The monoisotopic (exact) mass is 475 g/mol. The first-order chi connectivity index (χ1) is 15.8. The molecule has 1 aliphatic rings. The van der Waals surface area contributed by atoms with Crippen LogP contribution in [0.15, 0.2) is 52.3 Å². The van der Waals surface area contributed by atoms with Crippen LogP contribution in [-0.4, -0.2) is 37.7 Å². The minimum Gasteiger partial charge on any atom is -0.506 e. The number of pyridine rings is 1. The van der Waals surface area contributed by atoms with Crippen LogP contribution in [0, 0.1) is 5.82 Å². The quantitative estimate of drug-likeness (QED) is 0.568. The first-order valence-corrected chi connectivity index (χ1v) is 10.0. The van der Waals surface area contributed by atoms with Crippen molar-refractivity contribution in [3.05, 3.63) is 85.5 Å². The summed E-state index contributed by atoms with van der Waals surface area (Å²) < 4.78 is 25.7. The molecule has 0 aliphatic carbocycles. The van der Waals surface area contributed by atoms with E-state index in [1.54, 1.807) is 0 Å². The number of nitrogens with zero attached hydrogens (tertiary/aromatic N) is 3. The maximum atomic E-state index is 14.2. The lowest BCUT2D eigenvalue weighted by atomic mass is 10.1. The number of esters is 1. The van der Waals surface area contributed by atoms with Crippen LogP contribution in [-0.2, 0) is 4.74 Å². The van der Waals surface area contributed by atoms with E-state index < -0.39 is 35.2 Å². The second-order valence-corrected chi connectivity index (χ2v) is 7.43. The third kappa shape index (κ3) is 4.41. The standard InChI is InChI=1S/C21H15ClFN3O7/c22-13-9-24-16(8-15(13)27)33-20(30)12-4-1-3-11(7-12)18(28)26-19(29)14(23)10-25(21(26)31)17-5-2-6-32-17/h1,3-4,7-10,17H,2,5-6H2,(H,24,27). The summed E-state index contributed by atoms with van der Waals surface area (Å²) in [5.41, 5.74) is -2.85. The zero-order valence-electron chi connectivity index (χ0n) is 16.7. The van der Waals surface area contributed by atoms with Gasteiger partial charge in [0.25, 0.3) is 11.5 Å². The Kier molecular flexibility index (Phi) is 6.07. The van der Waals surface area contributed by atoms with Crippen molar-refractivity contribution in [2.75, 3.05) is 6.61 Å². The van der Waals surface area contributed by atoms with Crippen LogP contribution in [0.5, 0.6) is 11.6 Å². The van der Waals surface area contributed by atoms with Crippen molar-refractivity contribution >= 4 is 23.5 Å². The highest BCUT2D eigenvalue weighted by Crippen LogP contribution is 2.25. The Labute approximate surface area is 189 Å². The van der Waals surface area contributed by atoms with Gasteiger partial charge in [0, 0.05) is 18.2 Å². The first-order valence-electron chi connectivity index (χ1n) is 9.63. The van der Waals surface area contributed by atoms with Crippen molar-refractivity contribution in [2.24, 2.45) is 0 Å². The van der Waals surface area contributed by atoms with E-state index >= 15 is 0 Å². The summed E-state index contributed by atoms with van der Waals surface area (Å²) in [6, 6.07) is 5.98. The second-order valence-electron chi connectivity index (χ2n) is 7.02. The highest BCUT2D eigenvalue weighted by Gasteiger charge is 2.25. The molecule has 1 aromatic carbocycles. The van der Waals surface area contributed by atoms with Crippen LogP contribution in [0.2, 0.25) is 5.02 Å². The summed E-state index contributed by atoms with van der Waals surface area (Å²) >= 11 is 5.66. The molecule has 1 saturated heterocycles. The van der Waals surface area contributed by atoms with Crippen molar-refractivity contribution in [1.82, 2.24) is 14.1 Å². The number of ether oxygens (including phenoxy) is 2. The fourth-order valence-corrected chi connectivity index (χ4v) is 3.34. The SMILES string of the molecule is O=C(Oc1cc(O)c(Cl)cn1)c1cccc(C(=O)n2c(=O)c(F)cn(C3CCCO3)c2=O)c1. The lowest BCUT2D eigenvalue weighted by molar-refractivity contribution is 0.0501. The Bertz CT molecular complexity index is 1380. The van der Waals surface area contributed by atoms with E-state index in [2.05, 4.69) is 4.98 Å². The molecule has 33 heavy (non-hydrogen) atoms. The fourth-order valence-electron chi connectivity index (χ4n) is 3.23. The molecule has 1 N–H and O–H groups in total. The van der Waals surface area contributed by atoms with Gasteiger partial charge in [0.1, 0.15) is 17.0 Å². The summed E-state index contributed by atoms with van der Waals surface area (Å²) in [5.74, 6) is -3.98. The molecule has 1 atom stereocenters. The number of rotatable bonds is 4. The van der Waals surface area contributed by atoms with Crippen molar-refractivity contribution < 1.29 is 28.6 Å². The van der Waals surface area contributed by atoms with Crippen molar-refractivity contribution in [2.45, 2.75) is 19.1 Å². The Morgan fingerprint density at radius 3 is 2.70 bits per heavy atom. The number of hydrogen-bond donors (Lipinski definition) is 1. The van der Waals surface area contributed by atoms with Crippen LogP contribution in [0.4, 0.5) is 4.39 Å². The normalized spacial score (nSPS) is 15.4. The molecule has 3 heterocycles. The molecule has 0 saturated carbocycles. The number of aromatic nitrogens is 3. The predicted octanol–water partition coefficient (Wildman–Crippen LogP) is 2.12. The number of carbonyl (C=O) groups excluding carboxylic acids is 2. The van der Waals surface area contributed by atoms with Crippen molar-refractivity contribution in [3.63, 3.8) is 0 Å². The van der Waals surface area contributed by atoms with Gasteiger partial charge in [0.05, 0.1) is 18.0 Å². The van der Waals surface area contributed by atoms with Crippen LogP contribution in [0.25, 0.3) is 0 Å². The topological polar surface area (TPSA) is 130 Å². The van der Waals surface area contributed by atoms with E-state index in [0.717, 1.165) is 22.9 Å². The molecule has 2 aromatic heterocycles. The van der Waals surface area contributed by atoms with Gasteiger partial charge < -0.3 is 14.6 Å². The van der Waals surface area contributed by atoms with Gasteiger partial charge in [-0.3, -0.25) is 14.2 Å². The summed E-state index contributed by atoms with van der Waals surface area (Å²) in [6.07, 6.45) is 2.05. The van der Waals surface area contributed by atoms with Gasteiger partial charge in [0.2, 0.25) is 11.7 Å². The third-order valence-corrected chi connectivity index (χ3v) is 5.13. The molecular formula is C21H15ClFN3O7. The highest BCUT2D eigenvalue weighted by molar-refractivity contribution is 6.31. The lowest BCUT2D eigenvalue weighted by Crippen LogP contribution is -2.46. The van der Waals surface area contributed by atoms with Crippen LogP contribution in [0.3, 0.4) is 0 Å². The van der Waals surface area contributed by atoms with Gasteiger partial charge in [-0.25, -0.2) is 14.6 Å². The minimum atomic E-state index is -1.42. The lowest BCUT2D eigenvalue weighted by Gasteiger charge is -2.15. The molecule has 4 rings (SSSR count). The van der Waals surface area contributed by atoms with E-state index in [-0.39, 0.29) is 32.3 Å². The second kappa shape index (κ2) is 8.96. The molecule has 3 aromatic rings. The van der Waals surface area contributed by atoms with Gasteiger partial charge in [-0.15, -0.1) is 0 Å². The molecule has 1 unspecified atom stereocenters. The van der Waals surface area contributed by atoms with E-state index in [0.29, 0.717) is 25.6 Å². The summed E-state index contributed by atoms with van der Waals surface area (Å²) in [6.45, 7) is 0.357. The van der Waals surface area contributed by atoms with Crippen molar-refractivity contribution in [1.29, 1.82) is 0 Å². The average Bonchev–Trinajstić information content (AvgIpc) is 3.33. The molecule has 12 heteroatoms. The number of aromatic hydroxyl groups is 1. The summed E-state index contributed by atoms with van der Waals surface area (Å²) in [7, 11) is 0. The predicted molar refractivity (Wildman–Crippen MR) is 111 cm³/mol. The fraction of sp³-hybridized carbons (Fsp3) is 0.190. The Hall–Kier alpha value is -3.83. The molecule has 170 valence electrons. The first kappa shape index (κ1) is 22.4. The van der Waals surface area contributed by atoms with Gasteiger partial charge in [0.15, 0.2) is 0 Å². The molecule has 1 aliphatic heterocycles. The van der Waals surface area contributed by atoms with Crippen LogP contribution < -0.4 is 16.0 Å².